The van der Waals surface area contributed by atoms with E-state index in [2.05, 4.69) is 15.3 Å². The maximum atomic E-state index is 12.9. The first-order chi connectivity index (χ1) is 13.6. The molecule has 142 valence electrons. The van der Waals surface area contributed by atoms with Gasteiger partial charge in [-0.2, -0.15) is 0 Å². The number of hydrogen-bond acceptors (Lipinski definition) is 5. The first-order valence-electron chi connectivity index (χ1n) is 8.82. The van der Waals surface area contributed by atoms with Crippen LogP contribution in [0.4, 0.5) is 5.82 Å². The van der Waals surface area contributed by atoms with Gasteiger partial charge in [-0.1, -0.05) is 36.4 Å². The Morgan fingerprint density at radius 2 is 1.75 bits per heavy atom. The second kappa shape index (κ2) is 7.19. The molecule has 1 aromatic heterocycles. The number of rotatable bonds is 4. The van der Waals surface area contributed by atoms with Crippen molar-refractivity contribution in [3.8, 4) is 22.9 Å². The van der Waals surface area contributed by atoms with Crippen LogP contribution in [-0.2, 0) is 4.79 Å². The van der Waals surface area contributed by atoms with Crippen molar-refractivity contribution in [2.24, 2.45) is 0 Å². The maximum absolute atomic E-state index is 12.9. The molecule has 2 aromatic carbocycles. The van der Waals surface area contributed by atoms with Gasteiger partial charge in [-0.25, -0.2) is 4.98 Å². The van der Waals surface area contributed by atoms with Gasteiger partial charge < -0.3 is 19.8 Å². The standard InChI is InChI=1S/C21H19N3O4/c1-27-15-9-8-13(10-16(15)28-2)14-11-17(25)22-20-18(14)21(26)24-19(23-20)12-6-4-3-5-7-12/h3-10,14H,11H2,1-2H3,(H2,22,23,24,25,26). The second-order valence-corrected chi connectivity index (χ2v) is 6.46. The third-order valence-electron chi connectivity index (χ3n) is 4.81. The predicted octanol–water partition coefficient (Wildman–Crippen LogP) is 2.93. The van der Waals surface area contributed by atoms with E-state index in [0.717, 1.165) is 11.1 Å². The minimum absolute atomic E-state index is 0.151. The Balaban J connectivity index is 1.84. The van der Waals surface area contributed by atoms with E-state index in [1.807, 2.05) is 36.4 Å². The quantitative estimate of drug-likeness (QED) is 0.729. The molecule has 0 saturated heterocycles. The van der Waals surface area contributed by atoms with Crippen molar-refractivity contribution in [3.63, 3.8) is 0 Å². The minimum atomic E-state index is -0.426. The molecule has 2 heterocycles. The van der Waals surface area contributed by atoms with Crippen LogP contribution in [-0.4, -0.2) is 30.1 Å². The summed E-state index contributed by atoms with van der Waals surface area (Å²) < 4.78 is 10.6. The number of amides is 1. The van der Waals surface area contributed by atoms with Crippen LogP contribution in [0.15, 0.2) is 53.3 Å². The first kappa shape index (κ1) is 17.8. The van der Waals surface area contributed by atoms with Gasteiger partial charge in [0, 0.05) is 17.9 Å². The van der Waals surface area contributed by atoms with Crippen molar-refractivity contribution in [2.75, 3.05) is 19.5 Å². The topological polar surface area (TPSA) is 93.3 Å². The number of hydrogen-bond donors (Lipinski definition) is 2. The minimum Gasteiger partial charge on any atom is -0.493 e. The number of anilines is 1. The summed E-state index contributed by atoms with van der Waals surface area (Å²) in [6.07, 6.45) is 0.151. The highest BCUT2D eigenvalue weighted by Crippen LogP contribution is 2.38. The Kier molecular flexibility index (Phi) is 4.57. The molecule has 0 radical (unpaired) electrons. The number of carbonyl (C=O) groups is 1. The van der Waals surface area contributed by atoms with Crippen LogP contribution in [0.2, 0.25) is 0 Å². The lowest BCUT2D eigenvalue weighted by Crippen LogP contribution is -2.31. The molecule has 4 rings (SSSR count). The van der Waals surface area contributed by atoms with Crippen LogP contribution in [0.1, 0.15) is 23.5 Å². The van der Waals surface area contributed by atoms with Gasteiger partial charge in [-0.3, -0.25) is 9.59 Å². The molecule has 0 spiro atoms. The highest BCUT2D eigenvalue weighted by atomic mass is 16.5. The Hall–Kier alpha value is -3.61. The number of H-pyrrole nitrogens is 1. The zero-order valence-corrected chi connectivity index (χ0v) is 15.5. The normalized spacial score (nSPS) is 15.5. The van der Waals surface area contributed by atoms with E-state index in [-0.39, 0.29) is 17.9 Å². The lowest BCUT2D eigenvalue weighted by Gasteiger charge is -2.25. The van der Waals surface area contributed by atoms with E-state index in [4.69, 9.17) is 9.47 Å². The summed E-state index contributed by atoms with van der Waals surface area (Å²) >= 11 is 0. The van der Waals surface area contributed by atoms with Gasteiger partial charge in [0.25, 0.3) is 5.56 Å². The molecule has 0 bridgehead atoms. The zero-order chi connectivity index (χ0) is 19.7. The van der Waals surface area contributed by atoms with Crippen LogP contribution >= 0.6 is 0 Å². The smallest absolute Gasteiger partial charge is 0.257 e. The van der Waals surface area contributed by atoms with E-state index in [1.165, 1.54) is 0 Å². The summed E-state index contributed by atoms with van der Waals surface area (Å²) in [6, 6.07) is 14.7. The first-order valence-corrected chi connectivity index (χ1v) is 8.82. The van der Waals surface area contributed by atoms with Gasteiger partial charge in [0.15, 0.2) is 11.5 Å². The number of aromatic amines is 1. The number of nitrogens with zero attached hydrogens (tertiary/aromatic N) is 1. The molecule has 2 N–H and O–H groups in total. The highest BCUT2D eigenvalue weighted by molar-refractivity contribution is 5.94. The average molecular weight is 377 g/mol. The molecule has 1 aliphatic heterocycles. The van der Waals surface area contributed by atoms with Crippen LogP contribution < -0.4 is 20.3 Å². The molecule has 1 unspecified atom stereocenters. The third kappa shape index (κ3) is 3.11. The molecule has 0 aliphatic carbocycles. The molecule has 0 saturated carbocycles. The van der Waals surface area contributed by atoms with Crippen molar-refractivity contribution in [1.82, 2.24) is 9.97 Å². The van der Waals surface area contributed by atoms with Crippen molar-refractivity contribution in [2.45, 2.75) is 12.3 Å². The van der Waals surface area contributed by atoms with Crippen LogP contribution in [0.3, 0.4) is 0 Å². The third-order valence-corrected chi connectivity index (χ3v) is 4.81. The van der Waals surface area contributed by atoms with E-state index in [0.29, 0.717) is 28.7 Å². The number of fused-ring (bicyclic) bond motifs is 1. The van der Waals surface area contributed by atoms with Crippen molar-refractivity contribution in [1.29, 1.82) is 0 Å². The van der Waals surface area contributed by atoms with Crippen LogP contribution in [0.25, 0.3) is 11.4 Å². The molecule has 3 aromatic rings. The second-order valence-electron chi connectivity index (χ2n) is 6.46. The molecule has 1 atom stereocenters. The number of benzene rings is 2. The van der Waals surface area contributed by atoms with E-state index >= 15 is 0 Å². The lowest BCUT2D eigenvalue weighted by atomic mass is 9.86. The van der Waals surface area contributed by atoms with E-state index in [9.17, 15) is 9.59 Å². The van der Waals surface area contributed by atoms with Crippen molar-refractivity contribution in [3.05, 3.63) is 70.0 Å². The van der Waals surface area contributed by atoms with E-state index < -0.39 is 5.92 Å². The maximum Gasteiger partial charge on any atom is 0.257 e. The summed E-state index contributed by atoms with van der Waals surface area (Å²) in [5, 5.41) is 2.74. The molecule has 0 fully saturated rings. The summed E-state index contributed by atoms with van der Waals surface area (Å²) in [5.41, 5.74) is 1.72. The monoisotopic (exact) mass is 377 g/mol. The Morgan fingerprint density at radius 3 is 2.46 bits per heavy atom. The molecular formula is C21H19N3O4. The Labute approximate surface area is 161 Å². The number of nitrogens with one attached hydrogen (secondary N) is 2. The number of ether oxygens (including phenoxy) is 2. The zero-order valence-electron chi connectivity index (χ0n) is 15.5. The number of carbonyl (C=O) groups excluding carboxylic acids is 1. The number of methoxy groups -OCH3 is 2. The summed E-state index contributed by atoms with van der Waals surface area (Å²) in [6.45, 7) is 0. The fourth-order valence-electron chi connectivity index (χ4n) is 3.46. The predicted molar refractivity (Wildman–Crippen MR) is 105 cm³/mol. The van der Waals surface area contributed by atoms with Gasteiger partial charge in [0.1, 0.15) is 11.6 Å². The van der Waals surface area contributed by atoms with Gasteiger partial charge in [-0.15, -0.1) is 0 Å². The Bertz CT molecular complexity index is 1090. The van der Waals surface area contributed by atoms with Gasteiger partial charge >= 0.3 is 0 Å². The van der Waals surface area contributed by atoms with Crippen LogP contribution in [0, 0.1) is 0 Å². The van der Waals surface area contributed by atoms with Gasteiger partial charge in [-0.05, 0) is 17.7 Å². The number of aromatic nitrogens is 2. The average Bonchev–Trinajstić information content (AvgIpc) is 2.72. The van der Waals surface area contributed by atoms with E-state index in [1.54, 1.807) is 26.4 Å². The van der Waals surface area contributed by atoms with Gasteiger partial charge in [0.2, 0.25) is 5.91 Å². The molecule has 28 heavy (non-hydrogen) atoms. The summed E-state index contributed by atoms with van der Waals surface area (Å²) in [7, 11) is 3.10. The Morgan fingerprint density at radius 1 is 1.00 bits per heavy atom. The van der Waals surface area contributed by atoms with Gasteiger partial charge in [0.05, 0.1) is 19.8 Å². The molecular weight excluding hydrogens is 358 g/mol. The molecule has 1 amide bonds. The summed E-state index contributed by atoms with van der Waals surface area (Å²) in [4.78, 5) is 32.6. The molecule has 1 aliphatic rings. The summed E-state index contributed by atoms with van der Waals surface area (Å²) in [5.74, 6) is 1.21. The van der Waals surface area contributed by atoms with Crippen LogP contribution in [0.5, 0.6) is 11.5 Å². The SMILES string of the molecule is COc1ccc(C2CC(=O)Nc3nc(-c4ccccc4)[nH]c(=O)c32)cc1OC. The fraction of sp³-hybridized carbons (Fsp3) is 0.190. The lowest BCUT2D eigenvalue weighted by molar-refractivity contribution is -0.116. The molecule has 7 nitrogen and oxygen atoms in total. The fourth-order valence-corrected chi connectivity index (χ4v) is 3.46. The van der Waals surface area contributed by atoms with Crippen molar-refractivity contribution < 1.29 is 14.3 Å². The van der Waals surface area contributed by atoms with Crippen molar-refractivity contribution >= 4 is 11.7 Å². The highest BCUT2D eigenvalue weighted by Gasteiger charge is 2.31. The molecule has 7 heteroatoms. The largest absolute Gasteiger partial charge is 0.493 e.